The lowest BCUT2D eigenvalue weighted by atomic mass is 9.86. The third kappa shape index (κ3) is 2.75. The predicted molar refractivity (Wildman–Crippen MR) is 119 cm³/mol. The van der Waals surface area contributed by atoms with Crippen molar-refractivity contribution in [2.75, 3.05) is 13.1 Å². The molecule has 4 heterocycles. The highest BCUT2D eigenvalue weighted by molar-refractivity contribution is 6.30. The first kappa shape index (κ1) is 19.6. The monoisotopic (exact) mass is 447 g/mol. The molecular formula is C25H22ClN3O3. The summed E-state index contributed by atoms with van der Waals surface area (Å²) in [7, 11) is 0. The summed E-state index contributed by atoms with van der Waals surface area (Å²) < 4.78 is 5.93. The van der Waals surface area contributed by atoms with Gasteiger partial charge in [0, 0.05) is 36.6 Å². The SMILES string of the molecule is Cc1oc(C2CC2)cc1C(=O)N1CCN2C(=O)c3cccnc3CC21c1ccc(Cl)cc1. The fourth-order valence-electron chi connectivity index (χ4n) is 5.16. The van der Waals surface area contributed by atoms with E-state index >= 15 is 0 Å². The van der Waals surface area contributed by atoms with Crippen molar-refractivity contribution in [1.29, 1.82) is 0 Å². The zero-order chi connectivity index (χ0) is 22.0. The molecule has 1 saturated heterocycles. The molecule has 0 N–H and O–H groups in total. The summed E-state index contributed by atoms with van der Waals surface area (Å²) in [6.07, 6.45) is 4.32. The molecule has 1 aromatic carbocycles. The number of halogens is 1. The van der Waals surface area contributed by atoms with Gasteiger partial charge < -0.3 is 14.2 Å². The van der Waals surface area contributed by atoms with E-state index in [0.717, 1.165) is 24.2 Å². The second kappa shape index (κ2) is 6.94. The van der Waals surface area contributed by atoms with Gasteiger partial charge in [0.2, 0.25) is 0 Å². The van der Waals surface area contributed by atoms with Gasteiger partial charge in [0.25, 0.3) is 11.8 Å². The molecule has 2 aromatic heterocycles. The molecular weight excluding hydrogens is 426 g/mol. The van der Waals surface area contributed by atoms with E-state index in [2.05, 4.69) is 4.98 Å². The molecule has 2 amide bonds. The normalized spacial score (nSPS) is 22.1. The molecule has 1 unspecified atom stereocenters. The third-order valence-electron chi connectivity index (χ3n) is 6.92. The minimum Gasteiger partial charge on any atom is -0.465 e. The van der Waals surface area contributed by atoms with E-state index in [1.165, 1.54) is 0 Å². The van der Waals surface area contributed by atoms with Gasteiger partial charge in [-0.05, 0) is 55.7 Å². The highest BCUT2D eigenvalue weighted by Gasteiger charge is 2.56. The first-order chi connectivity index (χ1) is 15.5. The summed E-state index contributed by atoms with van der Waals surface area (Å²) in [5.74, 6) is 1.70. The van der Waals surface area contributed by atoms with Crippen LogP contribution in [0.3, 0.4) is 0 Å². The zero-order valence-electron chi connectivity index (χ0n) is 17.7. The van der Waals surface area contributed by atoms with E-state index in [1.807, 2.05) is 41.0 Å². The number of benzene rings is 1. The number of fused-ring (bicyclic) bond motifs is 2. The van der Waals surface area contributed by atoms with Gasteiger partial charge in [0.1, 0.15) is 17.2 Å². The standard InChI is InChI=1S/C25H22ClN3O3/c1-15-20(13-22(32-15)16-4-5-16)24(31)29-12-11-28-23(30)19-3-2-10-27-21(19)14-25(28,29)17-6-8-18(26)9-7-17/h2-3,6-10,13,16H,4-5,11-12,14H2,1H3. The van der Waals surface area contributed by atoms with Gasteiger partial charge in [-0.3, -0.25) is 14.6 Å². The fraction of sp³-hybridized carbons (Fsp3) is 0.320. The van der Waals surface area contributed by atoms with Crippen LogP contribution in [0.4, 0.5) is 0 Å². The molecule has 3 aromatic rings. The van der Waals surface area contributed by atoms with Crippen LogP contribution >= 0.6 is 11.6 Å². The van der Waals surface area contributed by atoms with Crippen LogP contribution in [0.5, 0.6) is 0 Å². The molecule has 162 valence electrons. The van der Waals surface area contributed by atoms with Crippen molar-refractivity contribution in [1.82, 2.24) is 14.8 Å². The van der Waals surface area contributed by atoms with Crippen LogP contribution < -0.4 is 0 Å². The maximum Gasteiger partial charge on any atom is 0.259 e. The Kier molecular flexibility index (Phi) is 4.24. The molecule has 3 aliphatic rings. The van der Waals surface area contributed by atoms with E-state index in [-0.39, 0.29) is 11.8 Å². The van der Waals surface area contributed by atoms with Gasteiger partial charge in [-0.1, -0.05) is 23.7 Å². The van der Waals surface area contributed by atoms with Gasteiger partial charge in [-0.2, -0.15) is 0 Å². The maximum absolute atomic E-state index is 13.9. The summed E-state index contributed by atoms with van der Waals surface area (Å²) in [4.78, 5) is 35.6. The maximum atomic E-state index is 13.9. The van der Waals surface area contributed by atoms with Crippen molar-refractivity contribution < 1.29 is 14.0 Å². The number of aryl methyl sites for hydroxylation is 1. The van der Waals surface area contributed by atoms with Crippen molar-refractivity contribution in [3.63, 3.8) is 0 Å². The van der Waals surface area contributed by atoms with Gasteiger partial charge in [-0.25, -0.2) is 0 Å². The van der Waals surface area contributed by atoms with Crippen LogP contribution in [0.15, 0.2) is 53.1 Å². The third-order valence-corrected chi connectivity index (χ3v) is 7.17. The second-order valence-corrected chi connectivity index (χ2v) is 9.24. The van der Waals surface area contributed by atoms with Crippen LogP contribution in [-0.2, 0) is 12.1 Å². The number of furan rings is 1. The van der Waals surface area contributed by atoms with Gasteiger partial charge in [0.15, 0.2) is 0 Å². The predicted octanol–water partition coefficient (Wildman–Crippen LogP) is 4.52. The van der Waals surface area contributed by atoms with Crippen LogP contribution in [0, 0.1) is 6.92 Å². The van der Waals surface area contributed by atoms with E-state index in [9.17, 15) is 9.59 Å². The lowest BCUT2D eigenvalue weighted by Crippen LogP contribution is -2.58. The van der Waals surface area contributed by atoms with Gasteiger partial charge in [0.05, 0.1) is 16.8 Å². The summed E-state index contributed by atoms with van der Waals surface area (Å²) in [6, 6.07) is 12.9. The Morgan fingerprint density at radius 3 is 2.72 bits per heavy atom. The number of nitrogens with zero attached hydrogens (tertiary/aromatic N) is 3. The topological polar surface area (TPSA) is 66.7 Å². The first-order valence-electron chi connectivity index (χ1n) is 10.9. The van der Waals surface area contributed by atoms with E-state index in [0.29, 0.717) is 53.0 Å². The molecule has 6 rings (SSSR count). The van der Waals surface area contributed by atoms with Crippen molar-refractivity contribution in [3.8, 4) is 0 Å². The Labute approximate surface area is 190 Å². The number of carbonyl (C=O) groups is 2. The van der Waals surface area contributed by atoms with E-state index in [1.54, 1.807) is 24.4 Å². The number of pyridine rings is 1. The zero-order valence-corrected chi connectivity index (χ0v) is 18.4. The summed E-state index contributed by atoms with van der Waals surface area (Å²) in [6.45, 7) is 2.73. The summed E-state index contributed by atoms with van der Waals surface area (Å²) in [5, 5.41) is 0.605. The Hall–Kier alpha value is -3.12. The van der Waals surface area contributed by atoms with Crippen molar-refractivity contribution in [3.05, 3.63) is 87.6 Å². The van der Waals surface area contributed by atoms with Gasteiger partial charge in [-0.15, -0.1) is 0 Å². The highest BCUT2D eigenvalue weighted by atomic mass is 35.5. The lowest BCUT2D eigenvalue weighted by molar-refractivity contribution is 0.00697. The molecule has 7 heteroatoms. The number of amides is 2. The average Bonchev–Trinajstić information content (AvgIpc) is 3.47. The molecule has 0 bridgehead atoms. The van der Waals surface area contributed by atoms with Crippen LogP contribution in [0.25, 0.3) is 0 Å². The van der Waals surface area contributed by atoms with Crippen LogP contribution in [-0.4, -0.2) is 39.7 Å². The highest BCUT2D eigenvalue weighted by Crippen LogP contribution is 2.46. The molecule has 1 saturated carbocycles. The van der Waals surface area contributed by atoms with Crippen LogP contribution in [0.1, 0.15) is 62.3 Å². The fourth-order valence-corrected chi connectivity index (χ4v) is 5.29. The van der Waals surface area contributed by atoms with Gasteiger partial charge >= 0.3 is 0 Å². The van der Waals surface area contributed by atoms with Crippen molar-refractivity contribution in [2.45, 2.75) is 37.8 Å². The molecule has 0 spiro atoms. The van der Waals surface area contributed by atoms with Crippen molar-refractivity contribution >= 4 is 23.4 Å². The van der Waals surface area contributed by atoms with Crippen LogP contribution in [0.2, 0.25) is 5.02 Å². The Bertz CT molecular complexity index is 1250. The molecule has 32 heavy (non-hydrogen) atoms. The minimum atomic E-state index is -0.955. The van der Waals surface area contributed by atoms with Crippen molar-refractivity contribution in [2.24, 2.45) is 0 Å². The Morgan fingerprint density at radius 2 is 1.97 bits per heavy atom. The number of carbonyl (C=O) groups excluding carboxylic acids is 2. The Morgan fingerprint density at radius 1 is 1.19 bits per heavy atom. The summed E-state index contributed by atoms with van der Waals surface area (Å²) >= 11 is 6.17. The first-order valence-corrected chi connectivity index (χ1v) is 11.3. The second-order valence-electron chi connectivity index (χ2n) is 8.80. The quantitative estimate of drug-likeness (QED) is 0.592. The number of rotatable bonds is 3. The molecule has 6 nitrogen and oxygen atoms in total. The lowest BCUT2D eigenvalue weighted by Gasteiger charge is -2.46. The number of hydrogen-bond acceptors (Lipinski definition) is 4. The molecule has 2 aliphatic heterocycles. The molecule has 0 radical (unpaired) electrons. The molecule has 2 fully saturated rings. The number of aromatic nitrogens is 1. The smallest absolute Gasteiger partial charge is 0.259 e. The van der Waals surface area contributed by atoms with E-state index < -0.39 is 5.66 Å². The molecule has 1 atom stereocenters. The number of hydrogen-bond donors (Lipinski definition) is 0. The largest absolute Gasteiger partial charge is 0.465 e. The molecule has 1 aliphatic carbocycles. The Balaban J connectivity index is 1.50. The average molecular weight is 448 g/mol. The minimum absolute atomic E-state index is 0.104. The van der Waals surface area contributed by atoms with E-state index in [4.69, 9.17) is 16.0 Å². The summed E-state index contributed by atoms with van der Waals surface area (Å²) in [5.41, 5.74) is 1.76.